The Bertz CT molecular complexity index is 263. The van der Waals surface area contributed by atoms with Gasteiger partial charge >= 0.3 is 11.9 Å². The number of rotatable bonds is 12. The summed E-state index contributed by atoms with van der Waals surface area (Å²) in [5.41, 5.74) is 0. The van der Waals surface area contributed by atoms with Crippen LogP contribution in [0, 0.1) is 0 Å². The highest BCUT2D eigenvalue weighted by molar-refractivity contribution is 5.69. The van der Waals surface area contributed by atoms with E-state index in [1.807, 2.05) is 6.92 Å². The largest absolute Gasteiger partial charge is 0.466 e. The molecule has 0 saturated heterocycles. The number of unbranched alkanes of at least 4 members (excludes halogenated alkanes) is 4. The van der Waals surface area contributed by atoms with Crippen molar-refractivity contribution in [2.75, 3.05) is 6.61 Å². The zero-order valence-electron chi connectivity index (χ0n) is 13.3. The molecule has 0 aliphatic heterocycles. The van der Waals surface area contributed by atoms with E-state index in [4.69, 9.17) is 9.47 Å². The molecule has 4 nitrogen and oxygen atoms in total. The van der Waals surface area contributed by atoms with E-state index in [9.17, 15) is 9.59 Å². The first-order chi connectivity index (χ1) is 9.60. The second-order valence-corrected chi connectivity index (χ2v) is 5.22. The number of ether oxygens (including phenoxy) is 2. The molecule has 0 amide bonds. The second kappa shape index (κ2) is 12.9. The Kier molecular flexibility index (Phi) is 12.3. The molecule has 0 radical (unpaired) electrons. The Hall–Kier alpha value is -1.06. The van der Waals surface area contributed by atoms with Crippen LogP contribution in [0.1, 0.15) is 78.6 Å². The predicted molar refractivity (Wildman–Crippen MR) is 79.4 cm³/mol. The van der Waals surface area contributed by atoms with Crippen LogP contribution in [0.3, 0.4) is 0 Å². The summed E-state index contributed by atoms with van der Waals surface area (Å²) in [5, 5.41) is 0. The minimum atomic E-state index is -0.187. The third-order valence-electron chi connectivity index (χ3n) is 3.09. The van der Waals surface area contributed by atoms with Crippen LogP contribution in [0.5, 0.6) is 0 Å². The summed E-state index contributed by atoms with van der Waals surface area (Å²) in [5.74, 6) is -0.305. The topological polar surface area (TPSA) is 52.6 Å². The van der Waals surface area contributed by atoms with E-state index in [0.717, 1.165) is 38.5 Å². The highest BCUT2D eigenvalue weighted by Gasteiger charge is 2.10. The maximum absolute atomic E-state index is 11.5. The summed E-state index contributed by atoms with van der Waals surface area (Å²) in [6.07, 6.45) is 7.42. The third kappa shape index (κ3) is 12.0. The van der Waals surface area contributed by atoms with Gasteiger partial charge < -0.3 is 9.47 Å². The van der Waals surface area contributed by atoms with Crippen molar-refractivity contribution in [3.8, 4) is 0 Å². The Morgan fingerprint density at radius 3 is 2.00 bits per heavy atom. The molecule has 0 bridgehead atoms. The Morgan fingerprint density at radius 2 is 1.45 bits per heavy atom. The lowest BCUT2D eigenvalue weighted by atomic mass is 10.2. The van der Waals surface area contributed by atoms with Crippen LogP contribution in [0.2, 0.25) is 0 Å². The molecule has 0 aliphatic rings. The van der Waals surface area contributed by atoms with Crippen molar-refractivity contribution in [1.29, 1.82) is 0 Å². The van der Waals surface area contributed by atoms with Gasteiger partial charge in [0.1, 0.15) is 6.10 Å². The van der Waals surface area contributed by atoms with E-state index < -0.39 is 0 Å². The molecule has 1 atom stereocenters. The van der Waals surface area contributed by atoms with Crippen LogP contribution < -0.4 is 0 Å². The fourth-order valence-electron chi connectivity index (χ4n) is 1.79. The Morgan fingerprint density at radius 1 is 0.900 bits per heavy atom. The van der Waals surface area contributed by atoms with Gasteiger partial charge in [-0.3, -0.25) is 9.59 Å². The van der Waals surface area contributed by atoms with Crippen molar-refractivity contribution in [2.45, 2.75) is 84.7 Å². The SMILES string of the molecule is CCCCCC(=O)OCCC(C)OC(=O)CCCCC. The van der Waals surface area contributed by atoms with Gasteiger partial charge in [0.15, 0.2) is 0 Å². The summed E-state index contributed by atoms with van der Waals surface area (Å²) in [4.78, 5) is 22.8. The fourth-order valence-corrected chi connectivity index (χ4v) is 1.79. The second-order valence-electron chi connectivity index (χ2n) is 5.22. The van der Waals surface area contributed by atoms with Gasteiger partial charge in [0.2, 0.25) is 0 Å². The number of hydrogen-bond donors (Lipinski definition) is 0. The molecule has 0 aromatic rings. The van der Waals surface area contributed by atoms with Gasteiger partial charge in [-0.15, -0.1) is 0 Å². The molecule has 0 N–H and O–H groups in total. The van der Waals surface area contributed by atoms with Crippen LogP contribution in [0.15, 0.2) is 0 Å². The monoisotopic (exact) mass is 286 g/mol. The van der Waals surface area contributed by atoms with E-state index in [1.54, 1.807) is 0 Å². The van der Waals surface area contributed by atoms with E-state index >= 15 is 0 Å². The molecule has 0 spiro atoms. The Labute approximate surface area is 123 Å². The highest BCUT2D eigenvalue weighted by atomic mass is 16.6. The summed E-state index contributed by atoms with van der Waals surface area (Å²) < 4.78 is 10.4. The van der Waals surface area contributed by atoms with Crippen molar-refractivity contribution in [3.63, 3.8) is 0 Å². The number of carbonyl (C=O) groups is 2. The fraction of sp³-hybridized carbons (Fsp3) is 0.875. The molecule has 4 heteroatoms. The van der Waals surface area contributed by atoms with Crippen molar-refractivity contribution in [1.82, 2.24) is 0 Å². The first-order valence-corrected chi connectivity index (χ1v) is 7.95. The smallest absolute Gasteiger partial charge is 0.306 e. The van der Waals surface area contributed by atoms with Crippen LogP contribution in [-0.2, 0) is 19.1 Å². The maximum Gasteiger partial charge on any atom is 0.306 e. The predicted octanol–water partition coefficient (Wildman–Crippen LogP) is 4.01. The van der Waals surface area contributed by atoms with Crippen LogP contribution in [0.4, 0.5) is 0 Å². The quantitative estimate of drug-likeness (QED) is 0.402. The van der Waals surface area contributed by atoms with Gasteiger partial charge in [0.25, 0.3) is 0 Å². The van der Waals surface area contributed by atoms with E-state index in [0.29, 0.717) is 25.9 Å². The highest BCUT2D eigenvalue weighted by Crippen LogP contribution is 2.06. The number of esters is 2. The van der Waals surface area contributed by atoms with Gasteiger partial charge in [0, 0.05) is 19.3 Å². The molecule has 0 heterocycles. The molecule has 118 valence electrons. The first kappa shape index (κ1) is 18.9. The summed E-state index contributed by atoms with van der Waals surface area (Å²) in [7, 11) is 0. The molecular weight excluding hydrogens is 256 g/mol. The molecule has 1 unspecified atom stereocenters. The lowest BCUT2D eigenvalue weighted by Crippen LogP contribution is -2.18. The zero-order valence-corrected chi connectivity index (χ0v) is 13.3. The zero-order chi connectivity index (χ0) is 15.2. The number of hydrogen-bond acceptors (Lipinski definition) is 4. The summed E-state index contributed by atoms with van der Waals surface area (Å²) >= 11 is 0. The molecule has 0 aromatic heterocycles. The van der Waals surface area contributed by atoms with Crippen molar-refractivity contribution in [2.24, 2.45) is 0 Å². The van der Waals surface area contributed by atoms with Gasteiger partial charge in [-0.2, -0.15) is 0 Å². The lowest BCUT2D eigenvalue weighted by Gasteiger charge is -2.13. The Balaban J connectivity index is 3.54. The van der Waals surface area contributed by atoms with Gasteiger partial charge in [-0.05, 0) is 19.8 Å². The molecule has 0 fully saturated rings. The average Bonchev–Trinajstić information content (AvgIpc) is 2.39. The minimum absolute atomic E-state index is 0.153. The molecule has 0 aromatic carbocycles. The normalized spacial score (nSPS) is 11.9. The van der Waals surface area contributed by atoms with Crippen molar-refractivity contribution in [3.05, 3.63) is 0 Å². The van der Waals surface area contributed by atoms with E-state index in [-0.39, 0.29) is 18.0 Å². The third-order valence-corrected chi connectivity index (χ3v) is 3.09. The average molecular weight is 286 g/mol. The van der Waals surface area contributed by atoms with Crippen LogP contribution in [-0.4, -0.2) is 24.6 Å². The summed E-state index contributed by atoms with van der Waals surface area (Å²) in [6, 6.07) is 0. The van der Waals surface area contributed by atoms with Gasteiger partial charge in [0.05, 0.1) is 6.61 Å². The standard InChI is InChI=1S/C16H30O4/c1-4-6-8-10-15(17)19-13-12-14(3)20-16(18)11-9-7-5-2/h14H,4-13H2,1-3H3. The molecule has 20 heavy (non-hydrogen) atoms. The van der Waals surface area contributed by atoms with E-state index in [1.165, 1.54) is 0 Å². The van der Waals surface area contributed by atoms with Gasteiger partial charge in [-0.25, -0.2) is 0 Å². The number of carbonyl (C=O) groups excluding carboxylic acids is 2. The molecule has 0 aliphatic carbocycles. The van der Waals surface area contributed by atoms with E-state index in [2.05, 4.69) is 13.8 Å². The van der Waals surface area contributed by atoms with Crippen molar-refractivity contribution < 1.29 is 19.1 Å². The van der Waals surface area contributed by atoms with Gasteiger partial charge in [-0.1, -0.05) is 39.5 Å². The summed E-state index contributed by atoms with van der Waals surface area (Å²) in [6.45, 7) is 6.36. The minimum Gasteiger partial charge on any atom is -0.466 e. The maximum atomic E-state index is 11.5. The van der Waals surface area contributed by atoms with Crippen LogP contribution >= 0.6 is 0 Å². The molecule has 0 rings (SSSR count). The lowest BCUT2D eigenvalue weighted by molar-refractivity contribution is -0.150. The van der Waals surface area contributed by atoms with Crippen molar-refractivity contribution >= 4 is 11.9 Å². The molecule has 0 saturated carbocycles. The van der Waals surface area contributed by atoms with Crippen LogP contribution in [0.25, 0.3) is 0 Å². The first-order valence-electron chi connectivity index (χ1n) is 7.95. The molecular formula is C16H30O4.